The summed E-state index contributed by atoms with van der Waals surface area (Å²) in [5.74, 6) is 0.863. The van der Waals surface area contributed by atoms with Crippen LogP contribution in [-0.4, -0.2) is 24.5 Å². The summed E-state index contributed by atoms with van der Waals surface area (Å²) in [6.07, 6.45) is 4.92. The van der Waals surface area contributed by atoms with E-state index in [9.17, 15) is 0 Å². The van der Waals surface area contributed by atoms with Crippen LogP contribution in [0.1, 0.15) is 66.8 Å². The first-order valence-electron chi connectivity index (χ1n) is 15.5. The second-order valence-electron chi connectivity index (χ2n) is 13.2. The summed E-state index contributed by atoms with van der Waals surface area (Å²) in [6, 6.07) is 38.3. The van der Waals surface area contributed by atoms with Crippen LogP contribution in [0.2, 0.25) is 18.1 Å². The van der Waals surface area contributed by atoms with Crippen molar-refractivity contribution in [1.82, 2.24) is 9.55 Å². The van der Waals surface area contributed by atoms with Gasteiger partial charge in [0, 0.05) is 29.3 Å². The van der Waals surface area contributed by atoms with Gasteiger partial charge in [0.1, 0.15) is 11.3 Å². The lowest BCUT2D eigenvalue weighted by atomic mass is 9.76. The number of aromatic nitrogens is 2. The van der Waals surface area contributed by atoms with Crippen molar-refractivity contribution in [2.75, 3.05) is 6.61 Å². The third-order valence-electron chi connectivity index (χ3n) is 9.44. The van der Waals surface area contributed by atoms with Crippen molar-refractivity contribution in [2.24, 2.45) is 0 Å². The molecule has 2 heterocycles. The molecule has 0 N–H and O–H groups in total. The van der Waals surface area contributed by atoms with E-state index in [0.717, 1.165) is 51.3 Å². The second kappa shape index (κ2) is 11.7. The normalized spacial score (nSPS) is 15.3. The van der Waals surface area contributed by atoms with Crippen LogP contribution in [0, 0.1) is 0 Å². The summed E-state index contributed by atoms with van der Waals surface area (Å²) in [5, 5.41) is 0.127. The van der Waals surface area contributed by atoms with E-state index in [1.54, 1.807) is 0 Å². The number of nitrogens with zero attached hydrogens (tertiary/aromatic N) is 2. The highest BCUT2D eigenvalue weighted by atomic mass is 28.4. The zero-order valence-electron chi connectivity index (χ0n) is 26.5. The average molecular weight is 599 g/mol. The fourth-order valence-electron chi connectivity index (χ4n) is 6.07. The van der Waals surface area contributed by atoms with Crippen LogP contribution in [0.5, 0.6) is 5.75 Å². The third-order valence-corrected chi connectivity index (χ3v) is 13.9. The molecule has 0 saturated heterocycles. The maximum atomic E-state index is 6.92. The Balaban J connectivity index is 1.45. The van der Waals surface area contributed by atoms with Crippen LogP contribution < -0.4 is 4.74 Å². The lowest BCUT2D eigenvalue weighted by molar-refractivity contribution is 0.122. The van der Waals surface area contributed by atoms with Crippen molar-refractivity contribution in [2.45, 2.75) is 57.0 Å². The molecule has 0 fully saturated rings. The number of benzene rings is 4. The van der Waals surface area contributed by atoms with Gasteiger partial charge >= 0.3 is 0 Å². The Hall–Kier alpha value is -4.19. The maximum absolute atomic E-state index is 6.92. The van der Waals surface area contributed by atoms with E-state index in [-0.39, 0.29) is 11.1 Å². The Bertz CT molecular complexity index is 1640. The molecule has 0 bridgehead atoms. The summed E-state index contributed by atoms with van der Waals surface area (Å²) >= 11 is 0. The van der Waals surface area contributed by atoms with Gasteiger partial charge in [-0.3, -0.25) is 0 Å². The predicted molar refractivity (Wildman–Crippen MR) is 183 cm³/mol. The highest BCUT2D eigenvalue weighted by molar-refractivity contribution is 6.74. The van der Waals surface area contributed by atoms with Crippen LogP contribution in [0.4, 0.5) is 0 Å². The Kier molecular flexibility index (Phi) is 7.95. The Morgan fingerprint density at radius 2 is 1.36 bits per heavy atom. The van der Waals surface area contributed by atoms with Gasteiger partial charge in [-0.1, -0.05) is 137 Å². The van der Waals surface area contributed by atoms with Gasteiger partial charge in [0.25, 0.3) is 0 Å². The lowest BCUT2D eigenvalue weighted by Crippen LogP contribution is -2.42. The Morgan fingerprint density at radius 1 is 0.818 bits per heavy atom. The predicted octanol–water partition coefficient (Wildman–Crippen LogP) is 9.63. The molecule has 1 aliphatic rings. The van der Waals surface area contributed by atoms with E-state index in [1.807, 2.05) is 6.33 Å². The van der Waals surface area contributed by atoms with Crippen molar-refractivity contribution in [3.05, 3.63) is 162 Å². The number of fused-ring (bicyclic) bond motifs is 1. The molecule has 0 radical (unpaired) electrons. The Morgan fingerprint density at radius 3 is 1.89 bits per heavy atom. The second-order valence-corrected chi connectivity index (χ2v) is 17.9. The zero-order chi connectivity index (χ0) is 31.0. The molecule has 1 aromatic heterocycles. The number of para-hydroxylation sites is 1. The summed E-state index contributed by atoms with van der Waals surface area (Å²) in [7, 11) is -1.98. The van der Waals surface area contributed by atoms with Crippen molar-refractivity contribution in [1.29, 1.82) is 0 Å². The minimum absolute atomic E-state index is 0.00633. The van der Waals surface area contributed by atoms with Crippen molar-refractivity contribution < 1.29 is 9.16 Å². The molecule has 1 aliphatic heterocycles. The quantitative estimate of drug-likeness (QED) is 0.132. The molecule has 0 saturated carbocycles. The maximum Gasteiger partial charge on any atom is 0.192 e. The number of imidazole rings is 1. The van der Waals surface area contributed by atoms with Gasteiger partial charge in [0.15, 0.2) is 8.32 Å². The fourth-order valence-corrected chi connectivity index (χ4v) is 7.38. The Labute approximate surface area is 263 Å². The van der Waals surface area contributed by atoms with E-state index in [4.69, 9.17) is 14.1 Å². The van der Waals surface area contributed by atoms with E-state index in [0.29, 0.717) is 6.61 Å². The smallest absolute Gasteiger partial charge is 0.192 e. The first kappa shape index (κ1) is 29.9. The standard InChI is InChI=1S/C39H42N2O2Si/c1-29(33-23-16-24-34-36(25-26-42-37(33)34)43-44(5,6)38(2,3)4)35-27-41(28-40-35)39(30-17-10-7-11-18-30,31-19-12-8-13-20-31)32-21-14-9-15-22-32/h7-24,27-28,36H,1,25-26H2,2-6H3. The monoisotopic (exact) mass is 598 g/mol. The van der Waals surface area contributed by atoms with Gasteiger partial charge in [-0.05, 0) is 34.8 Å². The SMILES string of the molecule is C=C(c1cn(C(c2ccccc2)(c2ccccc2)c2ccccc2)cn1)c1cccc2c1OCCC2O[Si](C)(C)C(C)(C)C. The highest BCUT2D eigenvalue weighted by Gasteiger charge is 2.41. The first-order chi connectivity index (χ1) is 21.1. The van der Waals surface area contributed by atoms with E-state index in [2.05, 4.69) is 160 Å². The van der Waals surface area contributed by atoms with Gasteiger partial charge in [0.2, 0.25) is 0 Å². The molecule has 44 heavy (non-hydrogen) atoms. The summed E-state index contributed by atoms with van der Waals surface area (Å²) in [4.78, 5) is 4.98. The van der Waals surface area contributed by atoms with Gasteiger partial charge < -0.3 is 13.7 Å². The van der Waals surface area contributed by atoms with Crippen molar-refractivity contribution in [3.63, 3.8) is 0 Å². The number of rotatable bonds is 8. The molecule has 1 atom stereocenters. The molecule has 4 aromatic carbocycles. The van der Waals surface area contributed by atoms with Crippen LogP contribution in [-0.2, 0) is 9.96 Å². The summed E-state index contributed by atoms with van der Waals surface area (Å²) in [5.41, 5.74) is 6.52. The van der Waals surface area contributed by atoms with E-state index in [1.165, 1.54) is 0 Å². The van der Waals surface area contributed by atoms with Crippen molar-refractivity contribution >= 4 is 13.9 Å². The number of ether oxygens (including phenoxy) is 1. The number of hydrogen-bond acceptors (Lipinski definition) is 3. The molecule has 0 spiro atoms. The molecule has 5 aromatic rings. The zero-order valence-corrected chi connectivity index (χ0v) is 27.5. The summed E-state index contributed by atoms with van der Waals surface area (Å²) < 4.78 is 15.5. The molecule has 0 aliphatic carbocycles. The fraction of sp³-hybridized carbons (Fsp3) is 0.256. The average Bonchev–Trinajstić information content (AvgIpc) is 3.52. The third kappa shape index (κ3) is 5.25. The molecular weight excluding hydrogens is 557 g/mol. The number of hydrogen-bond donors (Lipinski definition) is 0. The van der Waals surface area contributed by atoms with Crippen molar-refractivity contribution in [3.8, 4) is 5.75 Å². The van der Waals surface area contributed by atoms with Gasteiger partial charge in [0.05, 0.1) is 24.7 Å². The molecule has 5 heteroatoms. The molecule has 0 amide bonds. The minimum Gasteiger partial charge on any atom is -0.492 e. The van der Waals surface area contributed by atoms with Crippen LogP contribution >= 0.6 is 0 Å². The van der Waals surface area contributed by atoms with E-state index < -0.39 is 13.9 Å². The minimum atomic E-state index is -1.98. The molecule has 6 rings (SSSR count). The van der Waals surface area contributed by atoms with Gasteiger partial charge in [-0.2, -0.15) is 0 Å². The van der Waals surface area contributed by atoms with Gasteiger partial charge in [-0.25, -0.2) is 4.98 Å². The molecule has 1 unspecified atom stereocenters. The van der Waals surface area contributed by atoms with Crippen LogP contribution in [0.3, 0.4) is 0 Å². The summed E-state index contributed by atoms with van der Waals surface area (Å²) in [6.45, 7) is 16.7. The largest absolute Gasteiger partial charge is 0.492 e. The van der Waals surface area contributed by atoms with E-state index >= 15 is 0 Å². The highest BCUT2D eigenvalue weighted by Crippen LogP contribution is 2.46. The molecule has 224 valence electrons. The van der Waals surface area contributed by atoms with Crippen LogP contribution in [0.15, 0.2) is 128 Å². The lowest BCUT2D eigenvalue weighted by Gasteiger charge is -2.41. The molecule has 4 nitrogen and oxygen atoms in total. The van der Waals surface area contributed by atoms with Gasteiger partial charge in [-0.15, -0.1) is 0 Å². The topological polar surface area (TPSA) is 36.3 Å². The van der Waals surface area contributed by atoms with Crippen LogP contribution in [0.25, 0.3) is 5.57 Å². The molecular formula is C39H42N2O2Si. The first-order valence-corrected chi connectivity index (χ1v) is 18.4.